The number of ether oxygens (including phenoxy) is 1. The van der Waals surface area contributed by atoms with Gasteiger partial charge in [-0.1, -0.05) is 41.9 Å². The van der Waals surface area contributed by atoms with Crippen molar-refractivity contribution in [2.75, 3.05) is 0 Å². The van der Waals surface area contributed by atoms with E-state index in [0.717, 1.165) is 16.6 Å². The van der Waals surface area contributed by atoms with E-state index < -0.39 is 0 Å². The number of rotatable bonds is 2. The highest BCUT2D eigenvalue weighted by Gasteiger charge is 2.48. The summed E-state index contributed by atoms with van der Waals surface area (Å²) in [6.07, 6.45) is 1.38. The molecule has 1 nitrogen and oxygen atoms in total. The van der Waals surface area contributed by atoms with E-state index >= 15 is 0 Å². The Balaban J connectivity index is 2.08. The summed E-state index contributed by atoms with van der Waals surface area (Å²) in [5.41, 5.74) is 0.218. The van der Waals surface area contributed by atoms with Gasteiger partial charge in [0, 0.05) is 10.2 Å². The molecule has 1 aromatic carbocycles. The Hall–Kier alpha value is -0.0200. The molecule has 1 aromatic rings. The summed E-state index contributed by atoms with van der Waals surface area (Å²) >= 11 is 7.16. The lowest BCUT2D eigenvalue weighted by Crippen LogP contribution is -2.53. The molecule has 1 aliphatic carbocycles. The van der Waals surface area contributed by atoms with Crippen LogP contribution in [-0.2, 0) is 0 Å². The minimum atomic E-state index is 0.218. The van der Waals surface area contributed by atoms with Crippen molar-refractivity contribution < 1.29 is 4.74 Å². The Morgan fingerprint density at radius 3 is 2.53 bits per heavy atom. The smallest absolute Gasteiger partial charge is 0.133 e. The Morgan fingerprint density at radius 1 is 1.33 bits per heavy atom. The van der Waals surface area contributed by atoms with Crippen molar-refractivity contribution >= 4 is 31.9 Å². The van der Waals surface area contributed by atoms with Crippen molar-refractivity contribution in [3.63, 3.8) is 0 Å². The summed E-state index contributed by atoms with van der Waals surface area (Å²) < 4.78 is 7.02. The maximum atomic E-state index is 5.99. The van der Waals surface area contributed by atoms with Crippen LogP contribution in [0.4, 0.5) is 0 Å². The molecular formula is C12H14Br2O. The van der Waals surface area contributed by atoms with Gasteiger partial charge in [0.15, 0.2) is 0 Å². The maximum Gasteiger partial charge on any atom is 0.133 e. The van der Waals surface area contributed by atoms with Gasteiger partial charge in [-0.3, -0.25) is 0 Å². The molecule has 1 aliphatic rings. The first-order chi connectivity index (χ1) is 7.01. The highest BCUT2D eigenvalue weighted by atomic mass is 79.9. The van der Waals surface area contributed by atoms with E-state index in [4.69, 9.17) is 4.74 Å². The zero-order valence-electron chi connectivity index (χ0n) is 8.84. The molecule has 3 heteroatoms. The van der Waals surface area contributed by atoms with Crippen LogP contribution in [0, 0.1) is 5.41 Å². The SMILES string of the molecule is CC1(C)C(Br)CC1Oc1ccccc1Br. The van der Waals surface area contributed by atoms with E-state index in [1.807, 2.05) is 24.3 Å². The van der Waals surface area contributed by atoms with E-state index in [9.17, 15) is 0 Å². The predicted octanol–water partition coefficient (Wildman–Crippen LogP) is 4.39. The van der Waals surface area contributed by atoms with E-state index in [2.05, 4.69) is 45.7 Å². The molecule has 1 fully saturated rings. The molecule has 0 aromatic heterocycles. The molecule has 0 aliphatic heterocycles. The minimum absolute atomic E-state index is 0.218. The van der Waals surface area contributed by atoms with Crippen molar-refractivity contribution in [2.24, 2.45) is 5.41 Å². The summed E-state index contributed by atoms with van der Waals surface area (Å²) in [5, 5.41) is 0. The van der Waals surface area contributed by atoms with Crippen LogP contribution in [0.3, 0.4) is 0 Å². The van der Waals surface area contributed by atoms with Crippen LogP contribution in [0.5, 0.6) is 5.75 Å². The number of alkyl halides is 1. The van der Waals surface area contributed by atoms with Crippen LogP contribution in [-0.4, -0.2) is 10.9 Å². The Kier molecular flexibility index (Phi) is 3.13. The molecule has 0 saturated heterocycles. The standard InChI is InChI=1S/C12H14Br2O/c1-12(2)10(14)7-11(12)15-9-6-4-3-5-8(9)13/h3-6,10-11H,7H2,1-2H3. The van der Waals surface area contributed by atoms with Crippen LogP contribution in [0.15, 0.2) is 28.7 Å². The highest BCUT2D eigenvalue weighted by molar-refractivity contribution is 9.10. The van der Waals surface area contributed by atoms with Crippen molar-refractivity contribution in [1.29, 1.82) is 0 Å². The van der Waals surface area contributed by atoms with Gasteiger partial charge >= 0.3 is 0 Å². The summed E-state index contributed by atoms with van der Waals surface area (Å²) in [6.45, 7) is 4.47. The predicted molar refractivity (Wildman–Crippen MR) is 69.7 cm³/mol. The monoisotopic (exact) mass is 332 g/mol. The molecule has 15 heavy (non-hydrogen) atoms. The highest BCUT2D eigenvalue weighted by Crippen LogP contribution is 2.47. The summed E-state index contributed by atoms with van der Waals surface area (Å²) in [7, 11) is 0. The first-order valence-electron chi connectivity index (χ1n) is 5.07. The first-order valence-corrected chi connectivity index (χ1v) is 6.78. The number of halogens is 2. The fourth-order valence-electron chi connectivity index (χ4n) is 1.73. The maximum absolute atomic E-state index is 5.99. The quantitative estimate of drug-likeness (QED) is 0.729. The fraction of sp³-hybridized carbons (Fsp3) is 0.500. The number of hydrogen-bond donors (Lipinski definition) is 0. The zero-order chi connectivity index (χ0) is 11.1. The Labute approximate surface area is 107 Å². The van der Waals surface area contributed by atoms with Crippen LogP contribution in [0.1, 0.15) is 20.3 Å². The minimum Gasteiger partial charge on any atom is -0.489 e. The van der Waals surface area contributed by atoms with Gasteiger partial charge in [-0.25, -0.2) is 0 Å². The normalized spacial score (nSPS) is 28.3. The Bertz CT molecular complexity index is 362. The van der Waals surface area contributed by atoms with Crippen LogP contribution < -0.4 is 4.74 Å². The summed E-state index contributed by atoms with van der Waals surface area (Å²) in [4.78, 5) is 0.567. The molecule has 0 amide bonds. The van der Waals surface area contributed by atoms with E-state index in [-0.39, 0.29) is 5.41 Å². The average molecular weight is 334 g/mol. The molecular weight excluding hydrogens is 320 g/mol. The second-order valence-corrected chi connectivity index (χ2v) is 6.52. The van der Waals surface area contributed by atoms with Crippen molar-refractivity contribution in [3.05, 3.63) is 28.7 Å². The lowest BCUT2D eigenvalue weighted by atomic mass is 9.69. The fourth-order valence-corrected chi connectivity index (χ4v) is 2.74. The van der Waals surface area contributed by atoms with Gasteiger partial charge in [0.2, 0.25) is 0 Å². The first kappa shape index (κ1) is 11.5. The molecule has 0 radical (unpaired) electrons. The van der Waals surface area contributed by atoms with E-state index in [1.165, 1.54) is 0 Å². The lowest BCUT2D eigenvalue weighted by Gasteiger charge is -2.48. The zero-order valence-corrected chi connectivity index (χ0v) is 12.0. The van der Waals surface area contributed by atoms with Gasteiger partial charge < -0.3 is 4.74 Å². The molecule has 0 spiro atoms. The molecule has 82 valence electrons. The van der Waals surface area contributed by atoms with Gasteiger partial charge in [-0.15, -0.1) is 0 Å². The number of benzene rings is 1. The van der Waals surface area contributed by atoms with Crippen molar-refractivity contribution in [1.82, 2.24) is 0 Å². The third-order valence-electron chi connectivity index (χ3n) is 3.16. The van der Waals surface area contributed by atoms with Gasteiger partial charge in [0.25, 0.3) is 0 Å². The molecule has 2 rings (SSSR count). The Morgan fingerprint density at radius 2 is 2.00 bits per heavy atom. The second kappa shape index (κ2) is 4.10. The van der Waals surface area contributed by atoms with E-state index in [0.29, 0.717) is 10.9 Å². The van der Waals surface area contributed by atoms with Gasteiger partial charge in [0.05, 0.1) is 4.47 Å². The molecule has 2 atom stereocenters. The van der Waals surface area contributed by atoms with Gasteiger partial charge in [-0.05, 0) is 34.5 Å². The second-order valence-electron chi connectivity index (χ2n) is 4.56. The van der Waals surface area contributed by atoms with Crippen LogP contribution >= 0.6 is 31.9 Å². The topological polar surface area (TPSA) is 9.23 Å². The molecule has 0 heterocycles. The molecule has 0 N–H and O–H groups in total. The largest absolute Gasteiger partial charge is 0.489 e. The molecule has 1 saturated carbocycles. The third kappa shape index (κ3) is 2.09. The lowest BCUT2D eigenvalue weighted by molar-refractivity contribution is -0.00828. The number of hydrogen-bond acceptors (Lipinski definition) is 1. The van der Waals surface area contributed by atoms with Crippen LogP contribution in [0.2, 0.25) is 0 Å². The van der Waals surface area contributed by atoms with Crippen molar-refractivity contribution in [2.45, 2.75) is 31.2 Å². The average Bonchev–Trinajstić information content (AvgIpc) is 2.20. The van der Waals surface area contributed by atoms with Gasteiger partial charge in [-0.2, -0.15) is 0 Å². The molecule has 0 bridgehead atoms. The third-order valence-corrected chi connectivity index (χ3v) is 5.37. The van der Waals surface area contributed by atoms with Crippen molar-refractivity contribution in [3.8, 4) is 5.75 Å². The van der Waals surface area contributed by atoms with Gasteiger partial charge in [0.1, 0.15) is 11.9 Å². The van der Waals surface area contributed by atoms with Crippen LogP contribution in [0.25, 0.3) is 0 Å². The summed E-state index contributed by atoms with van der Waals surface area (Å²) in [5.74, 6) is 0.940. The molecule has 2 unspecified atom stereocenters. The van der Waals surface area contributed by atoms with E-state index in [1.54, 1.807) is 0 Å². The number of para-hydroxylation sites is 1. The summed E-state index contributed by atoms with van der Waals surface area (Å²) in [6, 6.07) is 8.00.